The molecule has 0 saturated carbocycles. The summed E-state index contributed by atoms with van der Waals surface area (Å²) in [7, 11) is -2.16. The van der Waals surface area contributed by atoms with E-state index >= 15 is 0 Å². The van der Waals surface area contributed by atoms with Gasteiger partial charge in [0.25, 0.3) is 10.0 Å². The summed E-state index contributed by atoms with van der Waals surface area (Å²) in [6, 6.07) is 14.6. The quantitative estimate of drug-likeness (QED) is 0.466. The average molecular weight is 487 g/mol. The molecule has 1 aliphatic heterocycles. The summed E-state index contributed by atoms with van der Waals surface area (Å²) >= 11 is 1.60. The Morgan fingerprint density at radius 2 is 1.76 bits per heavy atom. The number of hydrogen-bond donors (Lipinski definition) is 0. The molecular weight excluding hydrogens is 456 g/mol. The molecule has 0 N–H and O–H groups in total. The highest BCUT2D eigenvalue weighted by Crippen LogP contribution is 2.30. The minimum atomic E-state index is -3.76. The molecule has 0 amide bonds. The molecule has 1 aromatic heterocycles. The molecule has 0 aliphatic carbocycles. The normalized spacial score (nSPS) is 14.9. The number of rotatable bonds is 8. The largest absolute Gasteiger partial charge is 0.497 e. The zero-order chi connectivity index (χ0) is 23.4. The van der Waals surface area contributed by atoms with E-state index in [-0.39, 0.29) is 6.54 Å². The molecule has 1 aliphatic rings. The molecule has 1 fully saturated rings. The first kappa shape index (κ1) is 23.8. The third-order valence-electron chi connectivity index (χ3n) is 5.94. The molecule has 0 atom stereocenters. The topological polar surface area (TPSA) is 59.1 Å². The van der Waals surface area contributed by atoms with Gasteiger partial charge in [-0.2, -0.15) is 0 Å². The van der Waals surface area contributed by atoms with Crippen LogP contribution in [0.15, 0.2) is 58.8 Å². The third kappa shape index (κ3) is 5.58. The highest BCUT2D eigenvalue weighted by Gasteiger charge is 2.26. The van der Waals surface area contributed by atoms with Crippen molar-refractivity contribution < 1.29 is 17.9 Å². The second-order valence-corrected chi connectivity index (χ2v) is 11.1. The Morgan fingerprint density at radius 3 is 2.42 bits per heavy atom. The zero-order valence-corrected chi connectivity index (χ0v) is 20.9. The first-order chi connectivity index (χ1) is 15.9. The zero-order valence-electron chi connectivity index (χ0n) is 19.3. The molecule has 6 nitrogen and oxygen atoms in total. The number of thiophene rings is 1. The van der Waals surface area contributed by atoms with Gasteiger partial charge < -0.3 is 9.47 Å². The number of sulfonamides is 1. The van der Waals surface area contributed by atoms with E-state index in [2.05, 4.69) is 16.3 Å². The fourth-order valence-corrected chi connectivity index (χ4v) is 6.29. The molecule has 4 rings (SSSR count). The highest BCUT2D eigenvalue weighted by molar-refractivity contribution is 7.92. The van der Waals surface area contributed by atoms with Crippen molar-refractivity contribution in [2.45, 2.75) is 31.8 Å². The van der Waals surface area contributed by atoms with Gasteiger partial charge >= 0.3 is 0 Å². The van der Waals surface area contributed by atoms with Crippen LogP contribution in [0.25, 0.3) is 0 Å². The lowest BCUT2D eigenvalue weighted by molar-refractivity contribution is 0.0342. The van der Waals surface area contributed by atoms with E-state index in [1.54, 1.807) is 54.8 Å². The number of anilines is 1. The van der Waals surface area contributed by atoms with Crippen LogP contribution in [0, 0.1) is 13.8 Å². The predicted octanol–water partition coefficient (Wildman–Crippen LogP) is 4.60. The van der Waals surface area contributed by atoms with Crippen molar-refractivity contribution in [3.63, 3.8) is 0 Å². The van der Waals surface area contributed by atoms with Gasteiger partial charge in [0.2, 0.25) is 0 Å². The van der Waals surface area contributed by atoms with Crippen molar-refractivity contribution >= 4 is 27.0 Å². The van der Waals surface area contributed by atoms with Crippen LogP contribution in [0.4, 0.5) is 5.69 Å². The highest BCUT2D eigenvalue weighted by atomic mass is 32.2. The molecular formula is C25H30N2O4S2. The SMILES string of the molecule is COc1ccc(N(Cc2cc(CN3CCOCC3)cs2)S(=O)(=O)c2ccc(C)c(C)c2)cc1. The molecule has 8 heteroatoms. The monoisotopic (exact) mass is 486 g/mol. The van der Waals surface area contributed by atoms with Crippen molar-refractivity contribution in [2.75, 3.05) is 37.7 Å². The van der Waals surface area contributed by atoms with E-state index < -0.39 is 10.0 Å². The Morgan fingerprint density at radius 1 is 1.03 bits per heavy atom. The van der Waals surface area contributed by atoms with Gasteiger partial charge in [-0.25, -0.2) is 8.42 Å². The Kier molecular flexibility index (Phi) is 7.38. The second-order valence-electron chi connectivity index (χ2n) is 8.27. The van der Waals surface area contributed by atoms with Crippen LogP contribution >= 0.6 is 11.3 Å². The second kappa shape index (κ2) is 10.3. The standard InChI is InChI=1S/C25H30N2O4S2/c1-19-4-9-25(14-20(19)2)33(28,29)27(22-5-7-23(30-3)8-6-22)17-24-15-21(18-32-24)16-26-10-12-31-13-11-26/h4-9,14-15,18H,10-13,16-17H2,1-3H3. The molecule has 0 unspecified atom stereocenters. The van der Waals surface area contributed by atoms with Gasteiger partial charge in [-0.05, 0) is 78.4 Å². The predicted molar refractivity (Wildman–Crippen MR) is 133 cm³/mol. The number of benzene rings is 2. The van der Waals surface area contributed by atoms with Crippen LogP contribution in [-0.4, -0.2) is 46.7 Å². The van der Waals surface area contributed by atoms with Gasteiger partial charge in [0, 0.05) is 24.5 Å². The Balaban J connectivity index is 1.63. The van der Waals surface area contributed by atoms with Crippen LogP contribution in [0.5, 0.6) is 5.75 Å². The number of ether oxygens (including phenoxy) is 2. The molecule has 0 radical (unpaired) electrons. The third-order valence-corrected chi connectivity index (χ3v) is 8.68. The number of morpholine rings is 1. The molecule has 33 heavy (non-hydrogen) atoms. The Labute approximate surface area is 200 Å². The lowest BCUT2D eigenvalue weighted by atomic mass is 10.1. The summed E-state index contributed by atoms with van der Waals surface area (Å²) in [6.07, 6.45) is 0. The molecule has 176 valence electrons. The summed E-state index contributed by atoms with van der Waals surface area (Å²) in [5.41, 5.74) is 3.83. The summed E-state index contributed by atoms with van der Waals surface area (Å²) in [5.74, 6) is 0.686. The minimum absolute atomic E-state index is 0.273. The first-order valence-corrected chi connectivity index (χ1v) is 13.3. The lowest BCUT2D eigenvalue weighted by Crippen LogP contribution is -2.35. The maximum absolute atomic E-state index is 13.8. The number of aryl methyl sites for hydroxylation is 2. The van der Waals surface area contributed by atoms with Crippen molar-refractivity contribution in [1.82, 2.24) is 4.90 Å². The van der Waals surface area contributed by atoms with Crippen LogP contribution < -0.4 is 9.04 Å². The van der Waals surface area contributed by atoms with Gasteiger partial charge in [0.1, 0.15) is 5.75 Å². The molecule has 3 aromatic rings. The molecule has 0 bridgehead atoms. The van der Waals surface area contributed by atoms with Crippen LogP contribution in [-0.2, 0) is 27.8 Å². The van der Waals surface area contributed by atoms with E-state index in [9.17, 15) is 8.42 Å². The first-order valence-electron chi connectivity index (χ1n) is 11.0. The summed E-state index contributed by atoms with van der Waals surface area (Å²) < 4.78 is 39.7. The van der Waals surface area contributed by atoms with Gasteiger partial charge in [-0.1, -0.05) is 6.07 Å². The fraction of sp³-hybridized carbons (Fsp3) is 0.360. The Bertz CT molecular complexity index is 1180. The van der Waals surface area contributed by atoms with Crippen molar-refractivity contribution in [1.29, 1.82) is 0 Å². The van der Waals surface area contributed by atoms with Gasteiger partial charge in [0.05, 0.1) is 37.5 Å². The summed E-state index contributed by atoms with van der Waals surface area (Å²) in [5, 5.41) is 2.12. The van der Waals surface area contributed by atoms with E-state index in [0.29, 0.717) is 16.3 Å². The fourth-order valence-electron chi connectivity index (χ4n) is 3.82. The molecule has 1 saturated heterocycles. The van der Waals surface area contributed by atoms with Crippen LogP contribution in [0.2, 0.25) is 0 Å². The maximum Gasteiger partial charge on any atom is 0.264 e. The maximum atomic E-state index is 13.8. The van der Waals surface area contributed by atoms with E-state index in [1.165, 1.54) is 9.87 Å². The molecule has 2 heterocycles. The van der Waals surface area contributed by atoms with Crippen molar-refractivity contribution in [3.8, 4) is 5.75 Å². The Hall–Kier alpha value is -2.39. The van der Waals surface area contributed by atoms with E-state index in [1.807, 2.05) is 19.9 Å². The number of hydrogen-bond acceptors (Lipinski definition) is 6. The van der Waals surface area contributed by atoms with E-state index in [4.69, 9.17) is 9.47 Å². The van der Waals surface area contributed by atoms with Crippen LogP contribution in [0.3, 0.4) is 0 Å². The van der Waals surface area contributed by atoms with Crippen LogP contribution in [0.1, 0.15) is 21.6 Å². The smallest absolute Gasteiger partial charge is 0.264 e. The summed E-state index contributed by atoms with van der Waals surface area (Å²) in [4.78, 5) is 3.66. The van der Waals surface area contributed by atoms with Gasteiger partial charge in [-0.3, -0.25) is 9.21 Å². The molecule has 2 aromatic carbocycles. The lowest BCUT2D eigenvalue weighted by Gasteiger charge is -2.26. The molecule has 0 spiro atoms. The summed E-state index contributed by atoms with van der Waals surface area (Å²) in [6.45, 7) is 8.40. The van der Waals surface area contributed by atoms with Crippen molar-refractivity contribution in [3.05, 3.63) is 75.5 Å². The number of methoxy groups -OCH3 is 1. The number of nitrogens with zero attached hydrogens (tertiary/aromatic N) is 2. The minimum Gasteiger partial charge on any atom is -0.497 e. The van der Waals surface area contributed by atoms with Gasteiger partial charge in [0.15, 0.2) is 0 Å². The van der Waals surface area contributed by atoms with Crippen molar-refractivity contribution in [2.24, 2.45) is 0 Å². The average Bonchev–Trinajstić information content (AvgIpc) is 3.27. The van der Waals surface area contributed by atoms with E-state index in [0.717, 1.165) is 48.9 Å². The van der Waals surface area contributed by atoms with Gasteiger partial charge in [-0.15, -0.1) is 11.3 Å².